The maximum atomic E-state index is 5.26. The fourth-order valence-electron chi connectivity index (χ4n) is 0.840. The standard InChI is InChI=1S/C8H7N4O/c1-2-11-7(3-9-1)5-13-8-4-10-6-12-8/h1-4H,5H2,(H,10,12). The molecule has 0 aliphatic heterocycles. The molecule has 0 amide bonds. The summed E-state index contributed by atoms with van der Waals surface area (Å²) in [5.41, 5.74) is 0.769. The Morgan fingerprint density at radius 1 is 1.46 bits per heavy atom. The van der Waals surface area contributed by atoms with Crippen LogP contribution in [0.15, 0.2) is 24.8 Å². The van der Waals surface area contributed by atoms with Gasteiger partial charge in [-0.2, -0.15) is 4.98 Å². The van der Waals surface area contributed by atoms with Crippen LogP contribution in [-0.2, 0) is 6.61 Å². The Balaban J connectivity index is 1.94. The summed E-state index contributed by atoms with van der Waals surface area (Å²) in [6.07, 6.45) is 9.04. The fraction of sp³-hybridized carbons (Fsp3) is 0.125. The van der Waals surface area contributed by atoms with E-state index in [9.17, 15) is 0 Å². The van der Waals surface area contributed by atoms with Crippen LogP contribution in [0.25, 0.3) is 0 Å². The number of nitrogens with one attached hydrogen (secondary N) is 1. The maximum Gasteiger partial charge on any atom is 0.232 e. The zero-order valence-electron chi connectivity index (χ0n) is 6.77. The summed E-state index contributed by atoms with van der Waals surface area (Å²) >= 11 is 0. The molecular weight excluding hydrogens is 168 g/mol. The molecule has 0 aromatic carbocycles. The van der Waals surface area contributed by atoms with Gasteiger partial charge in [0.05, 0.1) is 18.1 Å². The Morgan fingerprint density at radius 3 is 3.15 bits per heavy atom. The summed E-state index contributed by atoms with van der Waals surface area (Å²) in [5.74, 6) is 0.505. The van der Waals surface area contributed by atoms with E-state index in [-0.39, 0.29) is 0 Å². The molecule has 2 rings (SSSR count). The first-order chi connectivity index (χ1) is 6.45. The molecule has 0 spiro atoms. The van der Waals surface area contributed by atoms with Crippen LogP contribution in [0.1, 0.15) is 5.69 Å². The quantitative estimate of drug-likeness (QED) is 0.741. The van der Waals surface area contributed by atoms with Crippen molar-refractivity contribution < 1.29 is 4.74 Å². The molecule has 0 saturated heterocycles. The van der Waals surface area contributed by atoms with E-state index in [1.165, 1.54) is 0 Å². The van der Waals surface area contributed by atoms with Gasteiger partial charge in [0.2, 0.25) is 5.88 Å². The topological polar surface area (TPSA) is 63.7 Å². The number of rotatable bonds is 3. The normalized spacial score (nSPS) is 9.85. The summed E-state index contributed by atoms with van der Waals surface area (Å²) in [5, 5.41) is 0. The molecule has 0 unspecified atom stereocenters. The zero-order chi connectivity index (χ0) is 8.93. The minimum Gasteiger partial charge on any atom is -0.470 e. The summed E-state index contributed by atoms with van der Waals surface area (Å²) in [6.45, 7) is 0.368. The summed E-state index contributed by atoms with van der Waals surface area (Å²) in [6, 6.07) is 0. The second-order valence-electron chi connectivity index (χ2n) is 2.34. The van der Waals surface area contributed by atoms with Crippen molar-refractivity contribution in [1.29, 1.82) is 0 Å². The van der Waals surface area contributed by atoms with Crippen molar-refractivity contribution in [2.75, 3.05) is 0 Å². The Bertz CT molecular complexity index is 346. The van der Waals surface area contributed by atoms with Crippen molar-refractivity contribution in [2.45, 2.75) is 6.61 Å². The number of aromatic amines is 1. The second kappa shape index (κ2) is 3.66. The van der Waals surface area contributed by atoms with Crippen LogP contribution in [0, 0.1) is 6.33 Å². The highest BCUT2D eigenvalue weighted by Gasteiger charge is 1.97. The number of aromatic nitrogens is 4. The minimum atomic E-state index is 0.368. The molecule has 1 radical (unpaired) electrons. The first kappa shape index (κ1) is 7.72. The summed E-state index contributed by atoms with van der Waals surface area (Å²) in [4.78, 5) is 14.4. The van der Waals surface area contributed by atoms with Gasteiger partial charge in [0.1, 0.15) is 6.61 Å². The van der Waals surface area contributed by atoms with Gasteiger partial charge in [-0.25, -0.2) is 0 Å². The van der Waals surface area contributed by atoms with Crippen LogP contribution >= 0.6 is 0 Å². The van der Waals surface area contributed by atoms with Crippen molar-refractivity contribution >= 4 is 0 Å². The Kier molecular flexibility index (Phi) is 2.18. The molecular formula is C8H7N4O. The number of imidazole rings is 1. The average Bonchev–Trinajstić information content (AvgIpc) is 2.69. The first-order valence-electron chi connectivity index (χ1n) is 3.74. The molecule has 5 nitrogen and oxygen atoms in total. The van der Waals surface area contributed by atoms with Gasteiger partial charge in [-0.3, -0.25) is 9.97 Å². The highest BCUT2D eigenvalue weighted by atomic mass is 16.5. The van der Waals surface area contributed by atoms with Gasteiger partial charge in [-0.15, -0.1) is 0 Å². The van der Waals surface area contributed by atoms with E-state index in [0.29, 0.717) is 12.5 Å². The highest BCUT2D eigenvalue weighted by molar-refractivity contribution is 5.02. The predicted molar refractivity (Wildman–Crippen MR) is 43.8 cm³/mol. The monoisotopic (exact) mass is 175 g/mol. The molecule has 0 aliphatic carbocycles. The third-order valence-corrected chi connectivity index (χ3v) is 1.41. The molecule has 1 N–H and O–H groups in total. The Labute approximate surface area is 74.8 Å². The first-order valence-corrected chi connectivity index (χ1v) is 3.74. The zero-order valence-corrected chi connectivity index (χ0v) is 6.77. The highest BCUT2D eigenvalue weighted by Crippen LogP contribution is 2.03. The SMILES string of the molecule is [c]1nc(OCc2cnccn2)c[nH]1. The van der Waals surface area contributed by atoms with Crippen LogP contribution in [0.3, 0.4) is 0 Å². The molecule has 65 valence electrons. The van der Waals surface area contributed by atoms with Gasteiger partial charge in [0.15, 0.2) is 6.33 Å². The van der Waals surface area contributed by atoms with Crippen LogP contribution in [0.4, 0.5) is 0 Å². The lowest BCUT2D eigenvalue weighted by Gasteiger charge is -1.99. The van der Waals surface area contributed by atoms with E-state index in [0.717, 1.165) is 5.69 Å². The van der Waals surface area contributed by atoms with E-state index >= 15 is 0 Å². The van der Waals surface area contributed by atoms with E-state index in [1.54, 1.807) is 24.8 Å². The fourth-order valence-corrected chi connectivity index (χ4v) is 0.840. The van der Waals surface area contributed by atoms with Gasteiger partial charge >= 0.3 is 0 Å². The number of ether oxygens (including phenoxy) is 1. The van der Waals surface area contributed by atoms with Gasteiger partial charge in [-0.05, 0) is 0 Å². The number of hydrogen-bond acceptors (Lipinski definition) is 4. The van der Waals surface area contributed by atoms with Crippen molar-refractivity contribution in [3.8, 4) is 5.88 Å². The number of H-pyrrole nitrogens is 1. The van der Waals surface area contributed by atoms with Gasteiger partial charge in [-0.1, -0.05) is 0 Å². The molecule has 0 aliphatic rings. The maximum absolute atomic E-state index is 5.26. The summed E-state index contributed by atoms with van der Waals surface area (Å²) in [7, 11) is 0. The molecule has 5 heteroatoms. The molecule has 0 saturated carbocycles. The molecule has 0 fully saturated rings. The third kappa shape index (κ3) is 2.02. The lowest BCUT2D eigenvalue weighted by atomic mass is 10.5. The lowest BCUT2D eigenvalue weighted by molar-refractivity contribution is 0.290. The second-order valence-corrected chi connectivity index (χ2v) is 2.34. The molecule has 2 heterocycles. The van der Waals surface area contributed by atoms with Crippen LogP contribution in [0.2, 0.25) is 0 Å². The van der Waals surface area contributed by atoms with Crippen LogP contribution < -0.4 is 4.74 Å². The van der Waals surface area contributed by atoms with Crippen LogP contribution in [-0.4, -0.2) is 19.9 Å². The lowest BCUT2D eigenvalue weighted by Crippen LogP contribution is -1.98. The van der Waals surface area contributed by atoms with Crippen molar-refractivity contribution in [2.24, 2.45) is 0 Å². The Hall–Kier alpha value is -1.91. The van der Waals surface area contributed by atoms with Crippen molar-refractivity contribution in [1.82, 2.24) is 19.9 Å². The molecule has 0 atom stereocenters. The number of hydrogen-bond donors (Lipinski definition) is 1. The molecule has 2 aromatic heterocycles. The van der Waals surface area contributed by atoms with Crippen LogP contribution in [0.5, 0.6) is 5.88 Å². The largest absolute Gasteiger partial charge is 0.470 e. The van der Waals surface area contributed by atoms with E-state index in [4.69, 9.17) is 4.74 Å². The summed E-state index contributed by atoms with van der Waals surface area (Å²) < 4.78 is 5.26. The third-order valence-electron chi connectivity index (χ3n) is 1.41. The van der Waals surface area contributed by atoms with Crippen molar-refractivity contribution in [3.63, 3.8) is 0 Å². The molecule has 2 aromatic rings. The molecule has 0 bridgehead atoms. The van der Waals surface area contributed by atoms with Crippen molar-refractivity contribution in [3.05, 3.63) is 36.8 Å². The molecule has 13 heavy (non-hydrogen) atoms. The van der Waals surface area contributed by atoms with E-state index < -0.39 is 0 Å². The van der Waals surface area contributed by atoms with Gasteiger partial charge in [0, 0.05) is 12.4 Å². The smallest absolute Gasteiger partial charge is 0.232 e. The van der Waals surface area contributed by atoms with E-state index in [2.05, 4.69) is 26.3 Å². The van der Waals surface area contributed by atoms with Gasteiger partial charge in [0.25, 0.3) is 0 Å². The van der Waals surface area contributed by atoms with Gasteiger partial charge < -0.3 is 9.72 Å². The number of nitrogens with zero attached hydrogens (tertiary/aromatic N) is 3. The van der Waals surface area contributed by atoms with E-state index in [1.807, 2.05) is 0 Å². The predicted octanol–water partition coefficient (Wildman–Crippen LogP) is 0.579. The minimum absolute atomic E-state index is 0.368. The average molecular weight is 175 g/mol. The Morgan fingerprint density at radius 2 is 2.46 bits per heavy atom.